The summed E-state index contributed by atoms with van der Waals surface area (Å²) in [6.07, 6.45) is 9.34. The molecule has 2 unspecified atom stereocenters. The molecule has 3 heteroatoms. The maximum Gasteiger partial charge on any atom is 0.0304 e. The van der Waals surface area contributed by atoms with Crippen molar-refractivity contribution in [1.29, 1.82) is 0 Å². The number of likely N-dealkylation sites (tertiary alicyclic amines) is 1. The molecule has 114 valence electrons. The Labute approximate surface area is 120 Å². The average molecular weight is 269 g/mol. The summed E-state index contributed by atoms with van der Waals surface area (Å²) in [4.78, 5) is 5.00. The average Bonchev–Trinajstić information content (AvgIpc) is 2.88. The molecule has 0 saturated carbocycles. The second-order valence-corrected chi connectivity index (χ2v) is 6.72. The lowest BCUT2D eigenvalue weighted by Crippen LogP contribution is -2.51. The molecule has 0 aliphatic carbocycles. The van der Waals surface area contributed by atoms with Crippen molar-refractivity contribution in [3.05, 3.63) is 0 Å². The lowest BCUT2D eigenvalue weighted by atomic mass is 9.92. The Morgan fingerprint density at radius 3 is 2.42 bits per heavy atom. The minimum atomic E-state index is 0.219. The fourth-order valence-electron chi connectivity index (χ4n) is 3.15. The van der Waals surface area contributed by atoms with Gasteiger partial charge in [0.2, 0.25) is 0 Å². The van der Waals surface area contributed by atoms with Crippen LogP contribution in [-0.2, 0) is 0 Å². The number of unbranched alkanes of at least 4 members (excludes halogenated alkanes) is 4. The fourth-order valence-corrected chi connectivity index (χ4v) is 3.15. The number of nitrogens with zero attached hydrogens (tertiary/aromatic N) is 2. The number of nitrogens with two attached hydrogens (primary N) is 1. The Balaban J connectivity index is 2.37. The van der Waals surface area contributed by atoms with Gasteiger partial charge in [-0.3, -0.25) is 4.90 Å². The summed E-state index contributed by atoms with van der Waals surface area (Å²) in [5, 5.41) is 0. The van der Waals surface area contributed by atoms with Crippen molar-refractivity contribution >= 4 is 0 Å². The van der Waals surface area contributed by atoms with E-state index in [1.807, 2.05) is 0 Å². The van der Waals surface area contributed by atoms with Gasteiger partial charge >= 0.3 is 0 Å². The third-order valence-electron chi connectivity index (χ3n) is 4.92. The van der Waals surface area contributed by atoms with Crippen molar-refractivity contribution < 1.29 is 0 Å². The van der Waals surface area contributed by atoms with Crippen LogP contribution in [0.15, 0.2) is 0 Å². The fraction of sp³-hybridized carbons (Fsp3) is 1.00. The molecule has 0 spiro atoms. The van der Waals surface area contributed by atoms with Gasteiger partial charge in [0.05, 0.1) is 0 Å². The van der Waals surface area contributed by atoms with Crippen molar-refractivity contribution in [2.45, 2.75) is 70.4 Å². The highest BCUT2D eigenvalue weighted by Gasteiger charge is 2.36. The van der Waals surface area contributed by atoms with E-state index in [0.717, 1.165) is 6.54 Å². The predicted molar refractivity (Wildman–Crippen MR) is 84.5 cm³/mol. The van der Waals surface area contributed by atoms with E-state index in [1.54, 1.807) is 0 Å². The Hall–Kier alpha value is -0.120. The van der Waals surface area contributed by atoms with Gasteiger partial charge in [-0.15, -0.1) is 0 Å². The molecule has 0 aromatic heterocycles. The Morgan fingerprint density at radius 1 is 1.21 bits per heavy atom. The summed E-state index contributed by atoms with van der Waals surface area (Å²) < 4.78 is 0. The van der Waals surface area contributed by atoms with Crippen molar-refractivity contribution in [2.24, 2.45) is 5.73 Å². The van der Waals surface area contributed by atoms with Crippen LogP contribution < -0.4 is 5.73 Å². The van der Waals surface area contributed by atoms with E-state index in [4.69, 9.17) is 5.73 Å². The number of hydrogen-bond donors (Lipinski definition) is 1. The summed E-state index contributed by atoms with van der Waals surface area (Å²) in [5.41, 5.74) is 6.31. The first-order valence-corrected chi connectivity index (χ1v) is 8.15. The molecule has 1 aliphatic rings. The van der Waals surface area contributed by atoms with Gasteiger partial charge in [0, 0.05) is 31.2 Å². The molecule has 3 nitrogen and oxygen atoms in total. The SMILES string of the molecule is CCCCCCCC(C)(CN)N1CCC(N(C)C)C1. The summed E-state index contributed by atoms with van der Waals surface area (Å²) >= 11 is 0. The van der Waals surface area contributed by atoms with Crippen LogP contribution in [0, 0.1) is 0 Å². The van der Waals surface area contributed by atoms with Gasteiger partial charge in [-0.25, -0.2) is 0 Å². The van der Waals surface area contributed by atoms with E-state index in [-0.39, 0.29) is 5.54 Å². The first kappa shape index (κ1) is 16.9. The van der Waals surface area contributed by atoms with Crippen molar-refractivity contribution in [3.8, 4) is 0 Å². The number of likely N-dealkylation sites (N-methyl/N-ethyl adjacent to an activating group) is 1. The zero-order chi connectivity index (χ0) is 14.3. The van der Waals surface area contributed by atoms with Crippen LogP contribution in [0.1, 0.15) is 58.8 Å². The largest absolute Gasteiger partial charge is 0.329 e. The molecule has 0 radical (unpaired) electrons. The first-order valence-electron chi connectivity index (χ1n) is 8.15. The van der Waals surface area contributed by atoms with Gasteiger partial charge in [-0.05, 0) is 33.9 Å². The van der Waals surface area contributed by atoms with Crippen molar-refractivity contribution in [3.63, 3.8) is 0 Å². The topological polar surface area (TPSA) is 32.5 Å². The van der Waals surface area contributed by atoms with Crippen LogP contribution in [0.2, 0.25) is 0 Å². The summed E-state index contributed by atoms with van der Waals surface area (Å²) in [6, 6.07) is 0.714. The first-order chi connectivity index (χ1) is 9.03. The maximum atomic E-state index is 6.09. The van der Waals surface area contributed by atoms with Crippen LogP contribution in [0.3, 0.4) is 0 Å². The maximum absolute atomic E-state index is 6.09. The van der Waals surface area contributed by atoms with E-state index in [0.29, 0.717) is 6.04 Å². The van der Waals surface area contributed by atoms with Crippen LogP contribution in [-0.4, -0.2) is 55.1 Å². The minimum absolute atomic E-state index is 0.219. The Bertz CT molecular complexity index is 242. The Morgan fingerprint density at radius 2 is 1.89 bits per heavy atom. The smallest absolute Gasteiger partial charge is 0.0304 e. The molecule has 2 N–H and O–H groups in total. The third-order valence-corrected chi connectivity index (χ3v) is 4.92. The molecular formula is C16H35N3. The molecular weight excluding hydrogens is 234 g/mol. The van der Waals surface area contributed by atoms with E-state index < -0.39 is 0 Å². The van der Waals surface area contributed by atoms with E-state index in [2.05, 4.69) is 37.7 Å². The molecule has 19 heavy (non-hydrogen) atoms. The highest BCUT2D eigenvalue weighted by molar-refractivity contribution is 4.94. The van der Waals surface area contributed by atoms with Crippen LogP contribution in [0.4, 0.5) is 0 Å². The third kappa shape index (κ3) is 5.05. The quantitative estimate of drug-likeness (QED) is 0.653. The van der Waals surface area contributed by atoms with Crippen molar-refractivity contribution in [2.75, 3.05) is 33.7 Å². The van der Waals surface area contributed by atoms with Gasteiger partial charge in [0.1, 0.15) is 0 Å². The van der Waals surface area contributed by atoms with Crippen LogP contribution >= 0.6 is 0 Å². The molecule has 1 rings (SSSR count). The summed E-state index contributed by atoms with van der Waals surface area (Å²) in [7, 11) is 4.39. The second kappa shape index (κ2) is 8.23. The molecule has 0 bridgehead atoms. The van der Waals surface area contributed by atoms with Gasteiger partial charge in [-0.2, -0.15) is 0 Å². The van der Waals surface area contributed by atoms with Gasteiger partial charge in [0.15, 0.2) is 0 Å². The molecule has 1 heterocycles. The second-order valence-electron chi connectivity index (χ2n) is 6.72. The number of rotatable bonds is 9. The standard InChI is InChI=1S/C16H35N3/c1-5-6-7-8-9-11-16(2,14-17)19-12-10-15(13-19)18(3)4/h15H,5-14,17H2,1-4H3. The summed E-state index contributed by atoms with van der Waals surface area (Å²) in [5.74, 6) is 0. The van der Waals surface area contributed by atoms with Gasteiger partial charge in [0.25, 0.3) is 0 Å². The van der Waals surface area contributed by atoms with E-state index in [1.165, 1.54) is 58.0 Å². The van der Waals surface area contributed by atoms with E-state index >= 15 is 0 Å². The molecule has 1 fully saturated rings. The molecule has 0 amide bonds. The predicted octanol–water partition coefficient (Wildman–Crippen LogP) is 2.70. The normalized spacial score (nSPS) is 24.0. The zero-order valence-corrected chi connectivity index (χ0v) is 13.6. The minimum Gasteiger partial charge on any atom is -0.329 e. The van der Waals surface area contributed by atoms with Crippen LogP contribution in [0.5, 0.6) is 0 Å². The highest BCUT2D eigenvalue weighted by Crippen LogP contribution is 2.27. The molecule has 2 atom stereocenters. The lowest BCUT2D eigenvalue weighted by molar-refractivity contribution is 0.118. The molecule has 1 saturated heterocycles. The highest BCUT2D eigenvalue weighted by atomic mass is 15.3. The zero-order valence-electron chi connectivity index (χ0n) is 13.6. The van der Waals surface area contributed by atoms with Crippen LogP contribution in [0.25, 0.3) is 0 Å². The monoisotopic (exact) mass is 269 g/mol. The van der Waals surface area contributed by atoms with E-state index in [9.17, 15) is 0 Å². The molecule has 1 aliphatic heterocycles. The van der Waals surface area contributed by atoms with Gasteiger partial charge < -0.3 is 10.6 Å². The van der Waals surface area contributed by atoms with Crippen molar-refractivity contribution in [1.82, 2.24) is 9.80 Å². The molecule has 0 aromatic carbocycles. The summed E-state index contributed by atoms with van der Waals surface area (Å²) in [6.45, 7) is 7.84. The number of hydrogen-bond acceptors (Lipinski definition) is 3. The van der Waals surface area contributed by atoms with Gasteiger partial charge in [-0.1, -0.05) is 39.0 Å². The Kier molecular flexibility index (Phi) is 7.33. The lowest BCUT2D eigenvalue weighted by Gasteiger charge is -2.38. The molecule has 0 aromatic rings.